The van der Waals surface area contributed by atoms with Gasteiger partial charge in [0.15, 0.2) is 0 Å². The van der Waals surface area contributed by atoms with Gasteiger partial charge in [0.1, 0.15) is 11.5 Å². The van der Waals surface area contributed by atoms with Crippen LogP contribution in [0.3, 0.4) is 0 Å². The van der Waals surface area contributed by atoms with Crippen molar-refractivity contribution in [3.05, 3.63) is 77.5 Å². The van der Waals surface area contributed by atoms with Gasteiger partial charge in [-0.1, -0.05) is 29.8 Å². The van der Waals surface area contributed by atoms with E-state index in [0.717, 1.165) is 29.9 Å². The first-order valence-electron chi connectivity index (χ1n) is 10.3. The van der Waals surface area contributed by atoms with Gasteiger partial charge in [-0.15, -0.1) is 0 Å². The Morgan fingerprint density at radius 3 is 2.58 bits per heavy atom. The molecule has 2 N–H and O–H groups in total. The highest BCUT2D eigenvalue weighted by Crippen LogP contribution is 2.24. The van der Waals surface area contributed by atoms with E-state index in [1.54, 1.807) is 4.90 Å². The summed E-state index contributed by atoms with van der Waals surface area (Å²) >= 11 is 5.93. The second kappa shape index (κ2) is 9.71. The van der Waals surface area contributed by atoms with Crippen molar-refractivity contribution in [2.24, 2.45) is 5.92 Å². The highest BCUT2D eigenvalue weighted by molar-refractivity contribution is 6.30. The molecule has 160 valence electrons. The number of likely N-dealkylation sites (tertiary alicyclic amines) is 1. The smallest absolute Gasteiger partial charge is 0.321 e. The number of hydrogen-bond acceptors (Lipinski definition) is 3. The summed E-state index contributed by atoms with van der Waals surface area (Å²) in [5, 5.41) is 6.49. The van der Waals surface area contributed by atoms with Gasteiger partial charge in [0, 0.05) is 29.4 Å². The second-order valence-corrected chi connectivity index (χ2v) is 8.01. The molecule has 0 saturated carbocycles. The topological polar surface area (TPSA) is 74.6 Å². The molecule has 0 radical (unpaired) electrons. The van der Waals surface area contributed by atoms with Gasteiger partial charge in [0.25, 0.3) is 0 Å². The van der Waals surface area contributed by atoms with Gasteiger partial charge >= 0.3 is 6.03 Å². The van der Waals surface area contributed by atoms with E-state index in [1.165, 1.54) is 0 Å². The normalized spacial score (nSPS) is 16.0. The number of piperidine rings is 1. The number of carbonyl (C=O) groups is 2. The first-order valence-corrected chi connectivity index (χ1v) is 10.7. The summed E-state index contributed by atoms with van der Waals surface area (Å²) in [5.41, 5.74) is 1.67. The second-order valence-electron chi connectivity index (χ2n) is 7.57. The third-order valence-corrected chi connectivity index (χ3v) is 5.58. The van der Waals surface area contributed by atoms with Gasteiger partial charge in [-0.25, -0.2) is 4.79 Å². The predicted octanol–water partition coefficient (Wildman–Crippen LogP) is 5.16. The highest BCUT2D eigenvalue weighted by atomic mass is 35.5. The van der Waals surface area contributed by atoms with E-state index in [4.69, 9.17) is 16.0 Å². The molecule has 3 amide bonds. The number of amides is 3. The Morgan fingerprint density at radius 1 is 1.03 bits per heavy atom. The van der Waals surface area contributed by atoms with Crippen molar-refractivity contribution >= 4 is 29.2 Å². The maximum Gasteiger partial charge on any atom is 0.321 e. The molecule has 31 heavy (non-hydrogen) atoms. The molecule has 1 aliphatic rings. The number of urea groups is 1. The molecule has 0 aliphatic carbocycles. The van der Waals surface area contributed by atoms with Crippen LogP contribution in [0.5, 0.6) is 0 Å². The van der Waals surface area contributed by atoms with Gasteiger partial charge in [-0.05, 0) is 61.4 Å². The minimum absolute atomic E-state index is 0.0679. The van der Waals surface area contributed by atoms with Crippen LogP contribution < -0.4 is 10.6 Å². The molecule has 1 aliphatic heterocycles. The lowest BCUT2D eigenvalue weighted by atomic mass is 9.97. The lowest BCUT2D eigenvalue weighted by molar-refractivity contribution is -0.126. The Balaban J connectivity index is 1.29. The largest absolute Gasteiger partial charge is 0.459 e. The fraction of sp³-hybridized carbons (Fsp3) is 0.250. The third-order valence-electron chi connectivity index (χ3n) is 5.33. The molecule has 0 spiro atoms. The van der Waals surface area contributed by atoms with Crippen LogP contribution in [0.4, 0.5) is 10.5 Å². The van der Waals surface area contributed by atoms with E-state index in [2.05, 4.69) is 10.6 Å². The summed E-state index contributed by atoms with van der Waals surface area (Å²) < 4.78 is 5.84. The molecule has 0 bridgehead atoms. The number of para-hydroxylation sites is 1. The number of furan rings is 1. The van der Waals surface area contributed by atoms with Gasteiger partial charge in [-0.2, -0.15) is 0 Å². The number of nitrogens with one attached hydrogen (secondary N) is 2. The third kappa shape index (κ3) is 5.47. The van der Waals surface area contributed by atoms with Crippen molar-refractivity contribution in [3.63, 3.8) is 0 Å². The van der Waals surface area contributed by atoms with E-state index < -0.39 is 0 Å². The maximum absolute atomic E-state index is 12.7. The zero-order valence-electron chi connectivity index (χ0n) is 17.0. The van der Waals surface area contributed by atoms with Crippen LogP contribution in [-0.4, -0.2) is 29.9 Å². The number of hydrogen-bond donors (Lipinski definition) is 2. The Kier molecular flexibility index (Phi) is 6.57. The molecular formula is C24H24ClN3O3. The summed E-state index contributed by atoms with van der Waals surface area (Å²) in [4.78, 5) is 26.9. The van der Waals surface area contributed by atoms with Crippen LogP contribution in [0.25, 0.3) is 11.3 Å². The van der Waals surface area contributed by atoms with Crippen LogP contribution in [0.2, 0.25) is 5.02 Å². The Bertz CT molecular complexity index is 1030. The minimum atomic E-state index is -0.235. The van der Waals surface area contributed by atoms with Crippen LogP contribution in [0.1, 0.15) is 18.6 Å². The van der Waals surface area contributed by atoms with Gasteiger partial charge in [0.05, 0.1) is 12.5 Å². The lowest BCUT2D eigenvalue weighted by Crippen LogP contribution is -2.46. The van der Waals surface area contributed by atoms with Gasteiger partial charge in [-0.3, -0.25) is 4.79 Å². The Labute approximate surface area is 186 Å². The molecule has 1 atom stereocenters. The van der Waals surface area contributed by atoms with Crippen molar-refractivity contribution in [3.8, 4) is 11.3 Å². The summed E-state index contributed by atoms with van der Waals surface area (Å²) in [6, 6.07) is 20.3. The fourth-order valence-corrected chi connectivity index (χ4v) is 3.79. The number of nitrogens with zero attached hydrogens (tertiary/aromatic N) is 1. The summed E-state index contributed by atoms with van der Waals surface area (Å²) in [6.45, 7) is 1.35. The van der Waals surface area contributed by atoms with Crippen LogP contribution in [0.15, 0.2) is 71.1 Å². The first kappa shape index (κ1) is 21.0. The minimum Gasteiger partial charge on any atom is -0.459 e. The molecule has 4 rings (SSSR count). The number of benzene rings is 2. The highest BCUT2D eigenvalue weighted by Gasteiger charge is 2.28. The van der Waals surface area contributed by atoms with E-state index in [1.807, 2.05) is 66.7 Å². The van der Waals surface area contributed by atoms with Crippen LogP contribution in [0, 0.1) is 5.92 Å². The molecule has 3 aromatic rings. The number of halogens is 1. The number of carbonyl (C=O) groups excluding carboxylic acids is 2. The standard InChI is InChI=1S/C24H24ClN3O3/c25-19-10-8-17(9-11-19)22-13-12-21(31-22)15-26-23(29)18-5-4-14-28(16-18)24(30)27-20-6-2-1-3-7-20/h1-3,6-13,18H,4-5,14-16H2,(H,26,29)(H,27,30)/t18-/m1/s1. The van der Waals surface area contributed by atoms with Crippen LogP contribution in [-0.2, 0) is 11.3 Å². The van der Waals surface area contributed by atoms with Crippen molar-refractivity contribution in [1.82, 2.24) is 10.2 Å². The average Bonchev–Trinajstić information content (AvgIpc) is 3.28. The van der Waals surface area contributed by atoms with Gasteiger partial charge in [0.2, 0.25) is 5.91 Å². The summed E-state index contributed by atoms with van der Waals surface area (Å²) in [7, 11) is 0. The molecule has 2 aromatic carbocycles. The zero-order valence-corrected chi connectivity index (χ0v) is 17.8. The SMILES string of the molecule is O=C(NCc1ccc(-c2ccc(Cl)cc2)o1)[C@@H]1CCCN(C(=O)Nc2ccccc2)C1. The van der Waals surface area contributed by atoms with E-state index in [0.29, 0.717) is 30.4 Å². The summed E-state index contributed by atoms with van der Waals surface area (Å²) in [6.07, 6.45) is 1.55. The fourth-order valence-electron chi connectivity index (χ4n) is 3.66. The summed E-state index contributed by atoms with van der Waals surface area (Å²) in [5.74, 6) is 1.10. The Morgan fingerprint density at radius 2 is 1.81 bits per heavy atom. The molecule has 0 unspecified atom stereocenters. The molecule has 1 saturated heterocycles. The van der Waals surface area contributed by atoms with E-state index in [9.17, 15) is 9.59 Å². The lowest BCUT2D eigenvalue weighted by Gasteiger charge is -2.32. The molecule has 7 heteroatoms. The molecule has 6 nitrogen and oxygen atoms in total. The van der Waals surface area contributed by atoms with Crippen molar-refractivity contribution in [2.45, 2.75) is 19.4 Å². The van der Waals surface area contributed by atoms with Crippen molar-refractivity contribution < 1.29 is 14.0 Å². The monoisotopic (exact) mass is 437 g/mol. The first-order chi connectivity index (χ1) is 15.1. The number of rotatable bonds is 5. The molecule has 2 heterocycles. The quantitative estimate of drug-likeness (QED) is 0.578. The van der Waals surface area contributed by atoms with Crippen molar-refractivity contribution in [1.29, 1.82) is 0 Å². The number of anilines is 1. The van der Waals surface area contributed by atoms with Crippen LogP contribution >= 0.6 is 11.6 Å². The molecule has 1 aromatic heterocycles. The maximum atomic E-state index is 12.7. The zero-order chi connectivity index (χ0) is 21.6. The van der Waals surface area contributed by atoms with E-state index >= 15 is 0 Å². The predicted molar refractivity (Wildman–Crippen MR) is 121 cm³/mol. The average molecular weight is 438 g/mol. The Hall–Kier alpha value is -3.25. The molecule has 1 fully saturated rings. The van der Waals surface area contributed by atoms with E-state index in [-0.39, 0.29) is 17.9 Å². The molecular weight excluding hydrogens is 414 g/mol. The van der Waals surface area contributed by atoms with Gasteiger partial charge < -0.3 is 20.0 Å². The van der Waals surface area contributed by atoms with Crippen molar-refractivity contribution in [2.75, 3.05) is 18.4 Å².